The van der Waals surface area contributed by atoms with Gasteiger partial charge >= 0.3 is 6.36 Å². The molecule has 244 valence electrons. The molecule has 0 radical (unpaired) electrons. The van der Waals surface area contributed by atoms with Crippen LogP contribution < -0.4 is 4.74 Å². The van der Waals surface area contributed by atoms with E-state index in [1.807, 2.05) is 0 Å². The van der Waals surface area contributed by atoms with E-state index in [4.69, 9.17) is 0 Å². The quantitative estimate of drug-likeness (QED) is 0.199. The molecule has 2 aromatic carbocycles. The van der Waals surface area contributed by atoms with Gasteiger partial charge in [0.15, 0.2) is 11.6 Å². The molecule has 0 N–H and O–H groups in total. The Morgan fingerprint density at radius 3 is 1.50 bits per heavy atom. The number of benzene rings is 2. The molecule has 8 heteroatoms. The second kappa shape index (κ2) is 14.5. The number of ether oxygens (including phenoxy) is 1. The molecule has 3 saturated carbocycles. The maximum absolute atomic E-state index is 15.4. The van der Waals surface area contributed by atoms with Crippen LogP contribution in [0, 0.1) is 41.0 Å². The summed E-state index contributed by atoms with van der Waals surface area (Å²) >= 11 is 0. The Labute approximate surface area is 257 Å². The molecule has 0 amide bonds. The standard InChI is InChI=1S/C36H45F7O/c1-2-3-4-5-22-6-8-23(9-7-22)24-10-12-25(13-11-24)28-18-30(37)34(31(38)19-28)27-16-14-26(15-17-27)29-20-32(39)35(33(40)21-29)44-36(41,42)43/h18-27H,2-17H2,1H3. The molecule has 0 heterocycles. The van der Waals surface area contributed by atoms with Crippen LogP contribution in [0.3, 0.4) is 0 Å². The van der Waals surface area contributed by atoms with Crippen LogP contribution in [0.1, 0.15) is 144 Å². The van der Waals surface area contributed by atoms with Crippen molar-refractivity contribution < 1.29 is 35.5 Å². The molecule has 0 bridgehead atoms. The highest BCUT2D eigenvalue weighted by atomic mass is 19.4. The SMILES string of the molecule is CCCCCC1CCC(C2CCC(c3cc(F)c(C4CCC(c5cc(F)c(OC(F)(F)F)c(F)c5)CC4)c(F)c3)CC2)CC1. The summed E-state index contributed by atoms with van der Waals surface area (Å²) in [6.45, 7) is 2.25. The van der Waals surface area contributed by atoms with E-state index in [-0.39, 0.29) is 28.9 Å². The first-order chi connectivity index (χ1) is 21.0. The van der Waals surface area contributed by atoms with Crippen molar-refractivity contribution in [2.75, 3.05) is 0 Å². The van der Waals surface area contributed by atoms with Gasteiger partial charge in [0.05, 0.1) is 0 Å². The van der Waals surface area contributed by atoms with Gasteiger partial charge in [-0.1, -0.05) is 45.4 Å². The van der Waals surface area contributed by atoms with Gasteiger partial charge in [0, 0.05) is 5.56 Å². The van der Waals surface area contributed by atoms with Crippen molar-refractivity contribution in [3.63, 3.8) is 0 Å². The van der Waals surface area contributed by atoms with Crippen LogP contribution in [0.2, 0.25) is 0 Å². The number of rotatable bonds is 9. The van der Waals surface area contributed by atoms with Crippen LogP contribution in [0.4, 0.5) is 30.7 Å². The van der Waals surface area contributed by atoms with E-state index >= 15 is 8.78 Å². The molecule has 5 rings (SSSR count). The van der Waals surface area contributed by atoms with Crippen molar-refractivity contribution in [3.05, 3.63) is 64.2 Å². The van der Waals surface area contributed by atoms with Gasteiger partial charge in [0.25, 0.3) is 0 Å². The smallest absolute Gasteiger partial charge is 0.399 e. The summed E-state index contributed by atoms with van der Waals surface area (Å²) in [6.07, 6.45) is 11.3. The van der Waals surface area contributed by atoms with Crippen molar-refractivity contribution in [1.82, 2.24) is 0 Å². The predicted molar refractivity (Wildman–Crippen MR) is 158 cm³/mol. The molecule has 0 unspecified atom stereocenters. The summed E-state index contributed by atoms with van der Waals surface area (Å²) in [6, 6.07) is 4.75. The van der Waals surface area contributed by atoms with Crippen LogP contribution in [0.25, 0.3) is 0 Å². The van der Waals surface area contributed by atoms with Crippen LogP contribution in [-0.4, -0.2) is 6.36 Å². The van der Waals surface area contributed by atoms with Gasteiger partial charge < -0.3 is 4.74 Å². The summed E-state index contributed by atoms with van der Waals surface area (Å²) in [5, 5.41) is 0. The first-order valence-electron chi connectivity index (χ1n) is 16.8. The lowest BCUT2D eigenvalue weighted by Crippen LogP contribution is -2.25. The van der Waals surface area contributed by atoms with Crippen LogP contribution in [-0.2, 0) is 0 Å². The number of hydrogen-bond donors (Lipinski definition) is 0. The van der Waals surface area contributed by atoms with Gasteiger partial charge in [0.1, 0.15) is 11.6 Å². The minimum atomic E-state index is -5.21. The first kappa shape index (κ1) is 33.1. The Morgan fingerprint density at radius 1 is 0.591 bits per heavy atom. The molecule has 3 aliphatic rings. The summed E-state index contributed by atoms with van der Waals surface area (Å²) in [4.78, 5) is 0. The normalized spacial score (nSPS) is 28.2. The van der Waals surface area contributed by atoms with Crippen molar-refractivity contribution in [2.45, 2.75) is 134 Å². The van der Waals surface area contributed by atoms with E-state index in [2.05, 4.69) is 11.7 Å². The highest BCUT2D eigenvalue weighted by Gasteiger charge is 2.36. The van der Waals surface area contributed by atoms with Crippen molar-refractivity contribution >= 4 is 0 Å². The fourth-order valence-corrected chi connectivity index (χ4v) is 8.53. The number of unbranched alkanes of at least 4 members (excludes halogenated alkanes) is 2. The number of halogens is 7. The van der Waals surface area contributed by atoms with Crippen molar-refractivity contribution in [3.8, 4) is 5.75 Å². The summed E-state index contributed by atoms with van der Waals surface area (Å²) in [5.74, 6) is -3.50. The van der Waals surface area contributed by atoms with Gasteiger partial charge in [-0.05, 0) is 135 Å². The second-order valence-corrected chi connectivity index (χ2v) is 13.7. The van der Waals surface area contributed by atoms with Gasteiger partial charge in [-0.25, -0.2) is 17.6 Å². The van der Waals surface area contributed by atoms with E-state index < -0.39 is 35.4 Å². The molecule has 1 nitrogen and oxygen atoms in total. The maximum atomic E-state index is 15.4. The minimum absolute atomic E-state index is 0.0721. The first-order valence-corrected chi connectivity index (χ1v) is 16.8. The molecule has 2 aromatic rings. The third kappa shape index (κ3) is 8.12. The lowest BCUT2D eigenvalue weighted by atomic mass is 9.68. The molecule has 0 saturated heterocycles. The van der Waals surface area contributed by atoms with Gasteiger partial charge in [-0.2, -0.15) is 0 Å². The lowest BCUT2D eigenvalue weighted by Gasteiger charge is -2.38. The van der Waals surface area contributed by atoms with Crippen LogP contribution in [0.5, 0.6) is 5.75 Å². The Balaban J connectivity index is 1.14. The zero-order valence-electron chi connectivity index (χ0n) is 25.6. The molecule has 3 fully saturated rings. The topological polar surface area (TPSA) is 9.23 Å². The largest absolute Gasteiger partial charge is 0.573 e. The average molecular weight is 627 g/mol. The third-order valence-corrected chi connectivity index (χ3v) is 11.0. The highest BCUT2D eigenvalue weighted by molar-refractivity contribution is 5.35. The van der Waals surface area contributed by atoms with E-state index in [9.17, 15) is 22.0 Å². The Bertz CT molecular complexity index is 1190. The molecule has 0 aromatic heterocycles. The predicted octanol–water partition coefficient (Wildman–Crippen LogP) is 12.2. The summed E-state index contributed by atoms with van der Waals surface area (Å²) in [5.41, 5.74) is 1.03. The maximum Gasteiger partial charge on any atom is 0.573 e. The zero-order chi connectivity index (χ0) is 31.4. The Hall–Kier alpha value is -2.25. The minimum Gasteiger partial charge on any atom is -0.399 e. The summed E-state index contributed by atoms with van der Waals surface area (Å²) in [7, 11) is 0. The zero-order valence-corrected chi connectivity index (χ0v) is 25.6. The van der Waals surface area contributed by atoms with E-state index in [0.29, 0.717) is 25.7 Å². The monoisotopic (exact) mass is 626 g/mol. The van der Waals surface area contributed by atoms with E-state index in [1.165, 1.54) is 63.5 Å². The number of alkyl halides is 3. The third-order valence-electron chi connectivity index (χ3n) is 11.0. The molecule has 0 spiro atoms. The van der Waals surface area contributed by atoms with Crippen molar-refractivity contribution in [1.29, 1.82) is 0 Å². The second-order valence-electron chi connectivity index (χ2n) is 13.7. The summed E-state index contributed by atoms with van der Waals surface area (Å²) < 4.78 is 100. The molecular weight excluding hydrogens is 581 g/mol. The highest BCUT2D eigenvalue weighted by Crippen LogP contribution is 2.47. The lowest BCUT2D eigenvalue weighted by molar-refractivity contribution is -0.276. The van der Waals surface area contributed by atoms with E-state index in [0.717, 1.165) is 61.1 Å². The van der Waals surface area contributed by atoms with E-state index in [1.54, 1.807) is 0 Å². The average Bonchev–Trinajstić information content (AvgIpc) is 2.99. The van der Waals surface area contributed by atoms with Crippen LogP contribution in [0.15, 0.2) is 24.3 Å². The van der Waals surface area contributed by atoms with Gasteiger partial charge in [0.2, 0.25) is 5.75 Å². The van der Waals surface area contributed by atoms with Crippen LogP contribution >= 0.6 is 0 Å². The van der Waals surface area contributed by atoms with Gasteiger partial charge in [-0.3, -0.25) is 0 Å². The Morgan fingerprint density at radius 2 is 1.02 bits per heavy atom. The number of hydrogen-bond acceptors (Lipinski definition) is 1. The molecule has 3 aliphatic carbocycles. The Kier molecular flexibility index (Phi) is 10.9. The molecular formula is C36H45F7O. The van der Waals surface area contributed by atoms with Gasteiger partial charge in [-0.15, -0.1) is 13.2 Å². The molecule has 44 heavy (non-hydrogen) atoms. The van der Waals surface area contributed by atoms with Crippen molar-refractivity contribution in [2.24, 2.45) is 17.8 Å². The fourth-order valence-electron chi connectivity index (χ4n) is 8.53. The molecule has 0 aliphatic heterocycles. The fraction of sp³-hybridized carbons (Fsp3) is 0.667. The molecule has 0 atom stereocenters.